The van der Waals surface area contributed by atoms with E-state index < -0.39 is 12.1 Å². The average Bonchev–Trinajstić information content (AvgIpc) is 3.09. The molecule has 0 aliphatic rings. The van der Waals surface area contributed by atoms with Crippen molar-refractivity contribution >= 4 is 34.8 Å². The number of nitrogens with one attached hydrogen (secondary N) is 2. The molecule has 1 aromatic heterocycles. The topological polar surface area (TPSA) is 84.5 Å². The lowest BCUT2D eigenvalue weighted by atomic mass is 10.2. The zero-order chi connectivity index (χ0) is 18.4. The van der Waals surface area contributed by atoms with Crippen molar-refractivity contribution in [3.8, 4) is 0 Å². The first-order chi connectivity index (χ1) is 11.9. The molecule has 0 bridgehead atoms. The van der Waals surface area contributed by atoms with E-state index in [2.05, 4.69) is 10.6 Å². The number of esters is 1. The van der Waals surface area contributed by atoms with Crippen LogP contribution in [0.2, 0.25) is 0 Å². The number of hydrogen-bond donors (Lipinski definition) is 2. The number of benzene rings is 1. The van der Waals surface area contributed by atoms with Crippen LogP contribution in [-0.4, -0.2) is 29.9 Å². The van der Waals surface area contributed by atoms with Crippen LogP contribution in [0, 0.1) is 0 Å². The summed E-state index contributed by atoms with van der Waals surface area (Å²) in [6, 6.07) is 9.86. The zero-order valence-electron chi connectivity index (χ0n) is 14.2. The molecule has 6 nitrogen and oxygen atoms in total. The molecule has 2 N–H and O–H groups in total. The lowest BCUT2D eigenvalue weighted by molar-refractivity contribution is -0.129. The Balaban J connectivity index is 2.01. The third-order valence-electron chi connectivity index (χ3n) is 3.19. The van der Waals surface area contributed by atoms with Crippen LogP contribution in [0.3, 0.4) is 0 Å². The van der Waals surface area contributed by atoms with E-state index in [9.17, 15) is 14.4 Å². The standard InChI is InChI=1S/C18H20N2O4S/c1-11(2)19-16(21)12(3)24-18(23)13-6-4-7-14(10-13)20-17(22)15-8-5-9-25-15/h4-12H,1-3H3,(H,19,21)(H,20,22)/t12-/m0/s1. The van der Waals surface area contributed by atoms with Crippen molar-refractivity contribution in [3.63, 3.8) is 0 Å². The van der Waals surface area contributed by atoms with Gasteiger partial charge in [0.25, 0.3) is 11.8 Å². The Morgan fingerprint density at radius 2 is 1.84 bits per heavy atom. The van der Waals surface area contributed by atoms with Crippen molar-refractivity contribution in [2.45, 2.75) is 32.9 Å². The molecule has 0 saturated heterocycles. The van der Waals surface area contributed by atoms with Crippen LogP contribution >= 0.6 is 11.3 Å². The maximum absolute atomic E-state index is 12.2. The number of hydrogen-bond acceptors (Lipinski definition) is 5. The molecule has 1 heterocycles. The van der Waals surface area contributed by atoms with E-state index >= 15 is 0 Å². The highest BCUT2D eigenvalue weighted by molar-refractivity contribution is 7.12. The van der Waals surface area contributed by atoms with Crippen LogP contribution in [0.4, 0.5) is 5.69 Å². The van der Waals surface area contributed by atoms with Crippen molar-refractivity contribution < 1.29 is 19.1 Å². The normalized spacial score (nSPS) is 11.7. The van der Waals surface area contributed by atoms with Gasteiger partial charge in [-0.3, -0.25) is 9.59 Å². The minimum Gasteiger partial charge on any atom is -0.449 e. The lowest BCUT2D eigenvalue weighted by Crippen LogP contribution is -2.39. The quantitative estimate of drug-likeness (QED) is 0.776. The highest BCUT2D eigenvalue weighted by atomic mass is 32.1. The summed E-state index contributed by atoms with van der Waals surface area (Å²) < 4.78 is 5.17. The van der Waals surface area contributed by atoms with Crippen LogP contribution in [0.1, 0.15) is 40.8 Å². The molecule has 2 rings (SSSR count). The monoisotopic (exact) mass is 360 g/mol. The molecule has 0 aliphatic carbocycles. The fourth-order valence-electron chi connectivity index (χ4n) is 2.01. The number of anilines is 1. The van der Waals surface area contributed by atoms with Gasteiger partial charge >= 0.3 is 5.97 Å². The predicted molar refractivity (Wildman–Crippen MR) is 96.9 cm³/mol. The van der Waals surface area contributed by atoms with Crippen LogP contribution in [0.5, 0.6) is 0 Å². The molecule has 0 fully saturated rings. The number of rotatable bonds is 6. The summed E-state index contributed by atoms with van der Waals surface area (Å²) >= 11 is 1.33. The predicted octanol–water partition coefficient (Wildman–Crippen LogP) is 3.07. The van der Waals surface area contributed by atoms with Gasteiger partial charge in [-0.2, -0.15) is 0 Å². The summed E-state index contributed by atoms with van der Waals surface area (Å²) in [4.78, 5) is 36.7. The summed E-state index contributed by atoms with van der Waals surface area (Å²) in [5.74, 6) is -1.23. The van der Waals surface area contributed by atoms with Crippen molar-refractivity contribution in [3.05, 3.63) is 52.2 Å². The molecular weight excluding hydrogens is 340 g/mol. The Morgan fingerprint density at radius 3 is 2.48 bits per heavy atom. The second-order valence-corrected chi connectivity index (χ2v) is 6.67. The zero-order valence-corrected chi connectivity index (χ0v) is 15.1. The molecule has 1 aromatic carbocycles. The van der Waals surface area contributed by atoms with Gasteiger partial charge in [-0.05, 0) is 50.4 Å². The molecule has 2 aromatic rings. The summed E-state index contributed by atoms with van der Waals surface area (Å²) in [5, 5.41) is 7.22. The van der Waals surface area contributed by atoms with Gasteiger partial charge in [0, 0.05) is 11.7 Å². The van der Waals surface area contributed by atoms with Gasteiger partial charge in [-0.1, -0.05) is 12.1 Å². The van der Waals surface area contributed by atoms with Gasteiger partial charge in [0.05, 0.1) is 10.4 Å². The van der Waals surface area contributed by atoms with E-state index in [1.54, 1.807) is 30.3 Å². The molecule has 132 valence electrons. The van der Waals surface area contributed by atoms with E-state index in [0.29, 0.717) is 10.6 Å². The van der Waals surface area contributed by atoms with Crippen molar-refractivity contribution in [1.29, 1.82) is 0 Å². The number of carbonyl (C=O) groups excluding carboxylic acids is 3. The highest BCUT2D eigenvalue weighted by Gasteiger charge is 2.19. The second-order valence-electron chi connectivity index (χ2n) is 5.72. The van der Waals surface area contributed by atoms with Crippen LogP contribution in [0.25, 0.3) is 0 Å². The molecule has 0 spiro atoms. The highest BCUT2D eigenvalue weighted by Crippen LogP contribution is 2.16. The van der Waals surface area contributed by atoms with Gasteiger partial charge in [0.2, 0.25) is 0 Å². The molecule has 7 heteroatoms. The lowest BCUT2D eigenvalue weighted by Gasteiger charge is -2.15. The smallest absolute Gasteiger partial charge is 0.338 e. The van der Waals surface area contributed by atoms with Gasteiger partial charge in [-0.15, -0.1) is 11.3 Å². The van der Waals surface area contributed by atoms with Gasteiger partial charge in [0.15, 0.2) is 6.10 Å². The van der Waals surface area contributed by atoms with Crippen LogP contribution in [0.15, 0.2) is 41.8 Å². The number of amides is 2. The largest absolute Gasteiger partial charge is 0.449 e. The molecule has 0 aliphatic heterocycles. The summed E-state index contributed by atoms with van der Waals surface area (Å²) in [6.07, 6.45) is -0.903. The third-order valence-corrected chi connectivity index (χ3v) is 4.05. The Hall–Kier alpha value is -2.67. The van der Waals surface area contributed by atoms with E-state index in [0.717, 1.165) is 0 Å². The van der Waals surface area contributed by atoms with E-state index in [4.69, 9.17) is 4.74 Å². The molecule has 0 unspecified atom stereocenters. The van der Waals surface area contributed by atoms with E-state index in [1.807, 2.05) is 19.2 Å². The number of thiophene rings is 1. The summed E-state index contributed by atoms with van der Waals surface area (Å²) in [7, 11) is 0. The minimum absolute atomic E-state index is 0.0376. The second kappa shape index (κ2) is 8.43. The van der Waals surface area contributed by atoms with Crippen molar-refractivity contribution in [1.82, 2.24) is 5.32 Å². The Bertz CT molecular complexity index is 756. The van der Waals surface area contributed by atoms with E-state index in [1.165, 1.54) is 24.3 Å². The molecular formula is C18H20N2O4S. The van der Waals surface area contributed by atoms with Gasteiger partial charge < -0.3 is 15.4 Å². The summed E-state index contributed by atoms with van der Waals surface area (Å²) in [5.41, 5.74) is 0.736. The minimum atomic E-state index is -0.903. The fourth-order valence-corrected chi connectivity index (χ4v) is 2.63. The first kappa shape index (κ1) is 18.7. The SMILES string of the molecule is CC(C)NC(=O)[C@H](C)OC(=O)c1cccc(NC(=O)c2cccs2)c1. The first-order valence-corrected chi connectivity index (χ1v) is 8.71. The van der Waals surface area contributed by atoms with Crippen molar-refractivity contribution in [2.75, 3.05) is 5.32 Å². The van der Waals surface area contributed by atoms with Gasteiger partial charge in [0.1, 0.15) is 0 Å². The Morgan fingerprint density at radius 1 is 1.08 bits per heavy atom. The molecule has 25 heavy (non-hydrogen) atoms. The molecule has 1 atom stereocenters. The Labute approximate surface area is 150 Å². The maximum Gasteiger partial charge on any atom is 0.338 e. The average molecular weight is 360 g/mol. The number of carbonyl (C=O) groups is 3. The van der Waals surface area contributed by atoms with Crippen LogP contribution < -0.4 is 10.6 Å². The number of ether oxygens (including phenoxy) is 1. The molecule has 0 saturated carbocycles. The third kappa shape index (κ3) is 5.42. The molecule has 0 radical (unpaired) electrons. The maximum atomic E-state index is 12.2. The first-order valence-electron chi connectivity index (χ1n) is 7.83. The van der Waals surface area contributed by atoms with Crippen molar-refractivity contribution in [2.24, 2.45) is 0 Å². The van der Waals surface area contributed by atoms with Gasteiger partial charge in [-0.25, -0.2) is 4.79 Å². The van der Waals surface area contributed by atoms with E-state index in [-0.39, 0.29) is 23.4 Å². The molecule has 2 amide bonds. The Kier molecular flexibility index (Phi) is 6.30. The summed E-state index contributed by atoms with van der Waals surface area (Å²) in [6.45, 7) is 5.16. The van der Waals surface area contributed by atoms with Crippen LogP contribution in [-0.2, 0) is 9.53 Å². The fraction of sp³-hybridized carbons (Fsp3) is 0.278.